The molecule has 1 fully saturated rings. The molecule has 1 aromatic heterocycles. The number of pyridine rings is 1. The number of likely N-dealkylation sites (N-methyl/N-ethyl adjacent to an activating group) is 1. The maximum absolute atomic E-state index is 4.26. The topological polar surface area (TPSA) is 31.4 Å². The van der Waals surface area contributed by atoms with E-state index >= 15 is 0 Å². The molecule has 1 aromatic rings. The molecule has 18 heavy (non-hydrogen) atoms. The average Bonchev–Trinajstić information content (AvgIpc) is 2.38. The Hall–Kier alpha value is -1.13. The maximum Gasteiger partial charge on any atom is 0.0443 e. The molecule has 0 spiro atoms. The molecule has 0 saturated carbocycles. The average molecular weight is 248 g/mol. The first-order valence-electron chi connectivity index (χ1n) is 6.76. The number of anilines is 1. The van der Waals surface area contributed by atoms with Gasteiger partial charge in [0, 0.05) is 62.4 Å². The third kappa shape index (κ3) is 3.43. The molecule has 4 nitrogen and oxygen atoms in total. The zero-order chi connectivity index (χ0) is 13.0. The predicted octanol–water partition coefficient (Wildman–Crippen LogP) is 1.33. The van der Waals surface area contributed by atoms with Gasteiger partial charge in [-0.1, -0.05) is 13.8 Å². The largest absolute Gasteiger partial charge is 0.369 e. The van der Waals surface area contributed by atoms with E-state index in [0.717, 1.165) is 32.7 Å². The Morgan fingerprint density at radius 1 is 1.28 bits per heavy atom. The Morgan fingerprint density at radius 3 is 2.67 bits per heavy atom. The van der Waals surface area contributed by atoms with Gasteiger partial charge in [-0.3, -0.25) is 4.98 Å². The molecule has 0 aromatic carbocycles. The zero-order valence-corrected chi connectivity index (χ0v) is 11.7. The Labute approximate surface area is 110 Å². The van der Waals surface area contributed by atoms with E-state index in [1.54, 1.807) is 0 Å². The highest BCUT2D eigenvalue weighted by Gasteiger charge is 2.16. The van der Waals surface area contributed by atoms with Crippen LogP contribution in [0.15, 0.2) is 18.5 Å². The van der Waals surface area contributed by atoms with Crippen LogP contribution in [0.3, 0.4) is 0 Å². The normalized spacial score (nSPS) is 17.4. The third-order valence-corrected chi connectivity index (χ3v) is 3.42. The number of rotatable bonds is 4. The summed E-state index contributed by atoms with van der Waals surface area (Å²) >= 11 is 0. The smallest absolute Gasteiger partial charge is 0.0443 e. The molecule has 2 heterocycles. The molecule has 0 amide bonds. The van der Waals surface area contributed by atoms with Gasteiger partial charge >= 0.3 is 0 Å². The monoisotopic (exact) mass is 248 g/mol. The van der Waals surface area contributed by atoms with Crippen LogP contribution in [0.5, 0.6) is 0 Å². The van der Waals surface area contributed by atoms with Crippen LogP contribution in [-0.4, -0.2) is 49.2 Å². The summed E-state index contributed by atoms with van der Waals surface area (Å²) in [6, 6.07) is 2.65. The predicted molar refractivity (Wildman–Crippen MR) is 75.9 cm³/mol. The zero-order valence-electron chi connectivity index (χ0n) is 11.7. The van der Waals surface area contributed by atoms with Gasteiger partial charge < -0.3 is 15.1 Å². The lowest BCUT2D eigenvalue weighted by molar-refractivity contribution is 0.312. The number of hydrogen-bond donors (Lipinski definition) is 1. The first-order chi connectivity index (χ1) is 8.66. The summed E-state index contributed by atoms with van der Waals surface area (Å²) in [7, 11) is 2.19. The van der Waals surface area contributed by atoms with Gasteiger partial charge in [-0.15, -0.1) is 0 Å². The molecular weight excluding hydrogens is 224 g/mol. The minimum atomic E-state index is 0.505. The van der Waals surface area contributed by atoms with E-state index in [0.29, 0.717) is 6.04 Å². The molecule has 2 rings (SSSR count). The molecule has 0 atom stereocenters. The van der Waals surface area contributed by atoms with E-state index in [9.17, 15) is 0 Å². The number of piperazine rings is 1. The van der Waals surface area contributed by atoms with Crippen LogP contribution >= 0.6 is 0 Å². The first kappa shape index (κ1) is 13.3. The van der Waals surface area contributed by atoms with E-state index in [1.165, 1.54) is 11.3 Å². The van der Waals surface area contributed by atoms with Gasteiger partial charge in [0.25, 0.3) is 0 Å². The van der Waals surface area contributed by atoms with Crippen molar-refractivity contribution in [2.75, 3.05) is 38.1 Å². The molecule has 0 aliphatic carbocycles. The number of aromatic nitrogens is 1. The lowest BCUT2D eigenvalue weighted by Crippen LogP contribution is -2.45. The van der Waals surface area contributed by atoms with Gasteiger partial charge in [-0.25, -0.2) is 0 Å². The van der Waals surface area contributed by atoms with Crippen LogP contribution in [0, 0.1) is 0 Å². The second-order valence-corrected chi connectivity index (χ2v) is 5.33. The third-order valence-electron chi connectivity index (χ3n) is 3.42. The highest BCUT2D eigenvalue weighted by molar-refractivity contribution is 5.52. The molecule has 0 bridgehead atoms. The van der Waals surface area contributed by atoms with E-state index in [-0.39, 0.29) is 0 Å². The summed E-state index contributed by atoms with van der Waals surface area (Å²) in [6.45, 7) is 9.73. The molecule has 4 heteroatoms. The quantitative estimate of drug-likeness (QED) is 0.871. The summed E-state index contributed by atoms with van der Waals surface area (Å²) in [5.41, 5.74) is 2.64. The van der Waals surface area contributed by atoms with Crippen molar-refractivity contribution >= 4 is 5.69 Å². The van der Waals surface area contributed by atoms with Crippen LogP contribution in [-0.2, 0) is 6.54 Å². The van der Waals surface area contributed by atoms with Crippen molar-refractivity contribution in [3.63, 3.8) is 0 Å². The summed E-state index contributed by atoms with van der Waals surface area (Å²) in [4.78, 5) is 9.11. The summed E-state index contributed by atoms with van der Waals surface area (Å²) in [5, 5.41) is 3.47. The standard InChI is InChI=1S/C14H24N4/c1-12(2)16-11-13-10-15-5-4-14(13)18-8-6-17(3)7-9-18/h4-5,10,12,16H,6-9,11H2,1-3H3. The van der Waals surface area contributed by atoms with E-state index in [1.807, 2.05) is 12.4 Å². The van der Waals surface area contributed by atoms with Crippen molar-refractivity contribution in [3.05, 3.63) is 24.0 Å². The molecule has 0 unspecified atom stereocenters. The summed E-state index contributed by atoms with van der Waals surface area (Å²) < 4.78 is 0. The number of nitrogens with one attached hydrogen (secondary N) is 1. The second kappa shape index (κ2) is 6.16. The van der Waals surface area contributed by atoms with Crippen LogP contribution in [0.2, 0.25) is 0 Å². The van der Waals surface area contributed by atoms with Gasteiger partial charge in [0.1, 0.15) is 0 Å². The van der Waals surface area contributed by atoms with Gasteiger partial charge in [0.2, 0.25) is 0 Å². The number of nitrogens with zero attached hydrogens (tertiary/aromatic N) is 3. The maximum atomic E-state index is 4.26. The number of hydrogen-bond acceptors (Lipinski definition) is 4. The second-order valence-electron chi connectivity index (χ2n) is 5.33. The van der Waals surface area contributed by atoms with Crippen LogP contribution in [0.4, 0.5) is 5.69 Å². The molecule has 1 N–H and O–H groups in total. The van der Waals surface area contributed by atoms with Crippen molar-refractivity contribution in [1.82, 2.24) is 15.2 Å². The summed E-state index contributed by atoms with van der Waals surface area (Å²) in [6.07, 6.45) is 3.88. The fourth-order valence-electron chi connectivity index (χ4n) is 2.23. The fourth-order valence-corrected chi connectivity index (χ4v) is 2.23. The van der Waals surface area contributed by atoms with Gasteiger partial charge in [0.05, 0.1) is 0 Å². The minimum absolute atomic E-state index is 0.505. The molecule has 1 aliphatic heterocycles. The Kier molecular flexibility index (Phi) is 4.55. The van der Waals surface area contributed by atoms with Crippen LogP contribution in [0.1, 0.15) is 19.4 Å². The van der Waals surface area contributed by atoms with Gasteiger partial charge in [-0.2, -0.15) is 0 Å². The van der Waals surface area contributed by atoms with Crippen molar-refractivity contribution in [2.45, 2.75) is 26.4 Å². The molecule has 100 valence electrons. The Balaban J connectivity index is 2.07. The molecule has 1 saturated heterocycles. The SMILES string of the molecule is CC(C)NCc1cnccc1N1CCN(C)CC1. The highest BCUT2D eigenvalue weighted by Crippen LogP contribution is 2.20. The first-order valence-corrected chi connectivity index (χ1v) is 6.76. The van der Waals surface area contributed by atoms with Crippen molar-refractivity contribution < 1.29 is 0 Å². The van der Waals surface area contributed by atoms with E-state index < -0.39 is 0 Å². The Morgan fingerprint density at radius 2 is 2.00 bits per heavy atom. The van der Waals surface area contributed by atoms with Crippen LogP contribution in [0.25, 0.3) is 0 Å². The lowest BCUT2D eigenvalue weighted by Gasteiger charge is -2.35. The minimum Gasteiger partial charge on any atom is -0.369 e. The molecule has 1 aliphatic rings. The van der Waals surface area contributed by atoms with Crippen molar-refractivity contribution in [3.8, 4) is 0 Å². The van der Waals surface area contributed by atoms with Crippen LogP contribution < -0.4 is 10.2 Å². The summed E-state index contributed by atoms with van der Waals surface area (Å²) in [5.74, 6) is 0. The van der Waals surface area contributed by atoms with Crippen molar-refractivity contribution in [1.29, 1.82) is 0 Å². The van der Waals surface area contributed by atoms with E-state index in [2.05, 4.69) is 47.1 Å². The highest BCUT2D eigenvalue weighted by atomic mass is 15.2. The lowest BCUT2D eigenvalue weighted by atomic mass is 10.2. The van der Waals surface area contributed by atoms with Crippen molar-refractivity contribution in [2.24, 2.45) is 0 Å². The molecule has 0 radical (unpaired) electrons. The van der Waals surface area contributed by atoms with Gasteiger partial charge in [-0.05, 0) is 13.1 Å². The van der Waals surface area contributed by atoms with Gasteiger partial charge in [0.15, 0.2) is 0 Å². The fraction of sp³-hybridized carbons (Fsp3) is 0.643. The Bertz CT molecular complexity index is 370. The van der Waals surface area contributed by atoms with E-state index in [4.69, 9.17) is 0 Å². The molecular formula is C14H24N4.